The highest BCUT2D eigenvalue weighted by molar-refractivity contribution is 8.04. The topological polar surface area (TPSA) is 63.6 Å². The normalized spacial score (nSPS) is 20.5. The van der Waals surface area contributed by atoms with Crippen molar-refractivity contribution >= 4 is 19.8 Å². The standard InChI is InChI=1S/C32H37F2NO3S2/c1-8-32(30-27(33)15-12-16-28(30)34)19-29(32)39(36,24-13-10-9-11-14-24)35-40(37,38)31-25(21(4)5)17-23(20(2)3)18-26(31)22(6)7/h8-18,20-22,29H,1,19H2,2-7H3/t29-,32-,39-/m1/s1. The molecule has 0 saturated heterocycles. The van der Waals surface area contributed by atoms with Gasteiger partial charge in [0.1, 0.15) is 11.6 Å². The molecule has 0 spiro atoms. The van der Waals surface area contributed by atoms with Crippen molar-refractivity contribution in [1.29, 1.82) is 0 Å². The molecule has 3 atom stereocenters. The summed E-state index contributed by atoms with van der Waals surface area (Å²) in [6, 6.07) is 15.5. The van der Waals surface area contributed by atoms with E-state index in [1.807, 2.05) is 53.7 Å². The van der Waals surface area contributed by atoms with Gasteiger partial charge in [0.25, 0.3) is 10.0 Å². The number of hydrogen-bond donors (Lipinski definition) is 0. The summed E-state index contributed by atoms with van der Waals surface area (Å²) in [5, 5.41) is -0.999. The second-order valence-corrected chi connectivity index (χ2v) is 15.6. The van der Waals surface area contributed by atoms with Crippen LogP contribution in [0.4, 0.5) is 8.78 Å². The predicted octanol–water partition coefficient (Wildman–Crippen LogP) is 8.45. The lowest BCUT2D eigenvalue weighted by Crippen LogP contribution is -2.22. The Balaban J connectivity index is 2.04. The van der Waals surface area contributed by atoms with E-state index in [9.17, 15) is 17.2 Å². The van der Waals surface area contributed by atoms with E-state index in [2.05, 4.69) is 10.3 Å². The molecular formula is C32H37F2NO3S2. The van der Waals surface area contributed by atoms with Gasteiger partial charge in [-0.1, -0.05) is 84.0 Å². The van der Waals surface area contributed by atoms with Crippen LogP contribution in [0.1, 0.15) is 88.0 Å². The molecule has 3 aromatic carbocycles. The molecule has 0 aliphatic heterocycles. The quantitative estimate of drug-likeness (QED) is 0.237. The molecule has 0 unspecified atom stereocenters. The van der Waals surface area contributed by atoms with Gasteiger partial charge < -0.3 is 0 Å². The highest BCUT2D eigenvalue weighted by atomic mass is 32.3. The number of nitrogens with zero attached hydrogens (tertiary/aromatic N) is 1. The van der Waals surface area contributed by atoms with Crippen molar-refractivity contribution < 1.29 is 21.4 Å². The highest BCUT2D eigenvalue weighted by Crippen LogP contribution is 2.57. The van der Waals surface area contributed by atoms with Crippen LogP contribution in [-0.2, 0) is 25.2 Å². The van der Waals surface area contributed by atoms with Gasteiger partial charge in [0.15, 0.2) is 0 Å². The van der Waals surface area contributed by atoms with E-state index in [0.29, 0.717) is 11.1 Å². The maximum Gasteiger partial charge on any atom is 0.290 e. The molecule has 0 heterocycles. The van der Waals surface area contributed by atoms with E-state index in [1.165, 1.54) is 12.1 Å². The predicted molar refractivity (Wildman–Crippen MR) is 158 cm³/mol. The minimum absolute atomic E-state index is 0.0431. The van der Waals surface area contributed by atoms with Crippen molar-refractivity contribution in [1.82, 2.24) is 0 Å². The molecule has 1 aliphatic rings. The van der Waals surface area contributed by atoms with Crippen LogP contribution in [-0.4, -0.2) is 17.9 Å². The first-order valence-corrected chi connectivity index (χ1v) is 16.5. The van der Waals surface area contributed by atoms with Crippen LogP contribution >= 0.6 is 0 Å². The fourth-order valence-electron chi connectivity index (χ4n) is 5.41. The first kappa shape index (κ1) is 30.1. The van der Waals surface area contributed by atoms with Crippen LogP contribution in [0.15, 0.2) is 86.9 Å². The monoisotopic (exact) mass is 585 g/mol. The van der Waals surface area contributed by atoms with Crippen molar-refractivity contribution in [2.75, 3.05) is 0 Å². The molecule has 4 nitrogen and oxygen atoms in total. The Morgan fingerprint density at radius 3 is 1.82 bits per heavy atom. The third-order valence-electron chi connectivity index (χ3n) is 7.74. The Kier molecular flexibility index (Phi) is 8.18. The Labute approximate surface area is 237 Å². The number of hydrogen-bond acceptors (Lipinski definition) is 3. The van der Waals surface area contributed by atoms with Crippen molar-refractivity contribution in [2.24, 2.45) is 3.77 Å². The molecule has 8 heteroatoms. The lowest BCUT2D eigenvalue weighted by Gasteiger charge is -2.22. The summed E-state index contributed by atoms with van der Waals surface area (Å²) in [6.07, 6.45) is 1.42. The van der Waals surface area contributed by atoms with Crippen molar-refractivity contribution in [3.63, 3.8) is 0 Å². The van der Waals surface area contributed by atoms with Crippen LogP contribution < -0.4 is 0 Å². The maximum atomic E-state index is 15.0. The number of allylic oxidation sites excluding steroid dienone is 1. The summed E-state index contributed by atoms with van der Waals surface area (Å²) in [5.41, 5.74) is 0.597. The average Bonchev–Trinajstić information content (AvgIpc) is 3.64. The Morgan fingerprint density at radius 2 is 1.38 bits per heavy atom. The minimum Gasteiger partial charge on any atom is -0.243 e. The lowest BCUT2D eigenvalue weighted by molar-refractivity contribution is 0.540. The van der Waals surface area contributed by atoms with Crippen molar-refractivity contribution in [3.05, 3.63) is 107 Å². The van der Waals surface area contributed by atoms with Gasteiger partial charge >= 0.3 is 0 Å². The van der Waals surface area contributed by atoms with Gasteiger partial charge in [0.05, 0.1) is 19.9 Å². The molecule has 214 valence electrons. The lowest BCUT2D eigenvalue weighted by atomic mass is 9.89. The second-order valence-electron chi connectivity index (χ2n) is 11.5. The summed E-state index contributed by atoms with van der Waals surface area (Å²) in [7, 11) is -8.26. The van der Waals surface area contributed by atoms with E-state index >= 15 is 4.21 Å². The summed E-state index contributed by atoms with van der Waals surface area (Å²) in [6.45, 7) is 15.6. The molecule has 1 saturated carbocycles. The number of rotatable bonds is 9. The molecule has 0 aromatic heterocycles. The van der Waals surface area contributed by atoms with E-state index < -0.39 is 42.1 Å². The molecule has 0 N–H and O–H groups in total. The van der Waals surface area contributed by atoms with E-state index in [-0.39, 0.29) is 39.5 Å². The first-order chi connectivity index (χ1) is 18.7. The molecule has 0 radical (unpaired) electrons. The Morgan fingerprint density at radius 1 is 0.850 bits per heavy atom. The minimum atomic E-state index is -4.50. The van der Waals surface area contributed by atoms with Crippen LogP contribution in [0.5, 0.6) is 0 Å². The van der Waals surface area contributed by atoms with Crippen LogP contribution in [0.2, 0.25) is 0 Å². The summed E-state index contributed by atoms with van der Waals surface area (Å²) < 4.78 is 77.9. The third kappa shape index (κ3) is 5.16. The molecule has 40 heavy (non-hydrogen) atoms. The van der Waals surface area contributed by atoms with Gasteiger partial charge in [-0.2, -0.15) is 8.42 Å². The molecule has 0 amide bonds. The largest absolute Gasteiger partial charge is 0.290 e. The summed E-state index contributed by atoms with van der Waals surface area (Å²) in [4.78, 5) is 0.257. The SMILES string of the molecule is C=C[C@@]1(c2c(F)cccc2F)C[C@H]1[S@@](=O)(=NS(=O)(=O)c1c(C(C)C)cc(C(C)C)cc1C(C)C)c1ccccc1. The average molecular weight is 586 g/mol. The summed E-state index contributed by atoms with van der Waals surface area (Å²) in [5.74, 6) is -1.72. The van der Waals surface area contributed by atoms with Crippen molar-refractivity contribution in [2.45, 2.75) is 86.2 Å². The van der Waals surface area contributed by atoms with Gasteiger partial charge in [0, 0.05) is 15.9 Å². The molecule has 1 aliphatic carbocycles. The number of halogens is 2. The molecule has 3 aromatic rings. The van der Waals surface area contributed by atoms with E-state index in [0.717, 1.165) is 17.7 Å². The maximum absolute atomic E-state index is 15.0. The summed E-state index contributed by atoms with van der Waals surface area (Å²) >= 11 is 0. The number of benzene rings is 3. The third-order valence-corrected chi connectivity index (χ3v) is 12.7. The van der Waals surface area contributed by atoms with Crippen LogP contribution in [0.25, 0.3) is 0 Å². The van der Waals surface area contributed by atoms with Gasteiger partial charge in [-0.15, -0.1) is 10.3 Å². The zero-order valence-corrected chi connectivity index (χ0v) is 25.5. The van der Waals surface area contributed by atoms with Gasteiger partial charge in [-0.3, -0.25) is 0 Å². The van der Waals surface area contributed by atoms with Crippen molar-refractivity contribution in [3.8, 4) is 0 Å². The zero-order chi connectivity index (χ0) is 29.6. The molecule has 1 fully saturated rings. The Bertz CT molecular complexity index is 1620. The fraction of sp³-hybridized carbons (Fsp3) is 0.375. The van der Waals surface area contributed by atoms with Gasteiger partial charge in [-0.25, -0.2) is 13.0 Å². The fourth-order valence-corrected chi connectivity index (χ4v) is 11.0. The zero-order valence-electron chi connectivity index (χ0n) is 23.8. The number of sulfonamides is 1. The smallest absolute Gasteiger partial charge is 0.243 e. The van der Waals surface area contributed by atoms with E-state index in [1.54, 1.807) is 30.3 Å². The molecule has 0 bridgehead atoms. The molecular weight excluding hydrogens is 548 g/mol. The van der Waals surface area contributed by atoms with E-state index in [4.69, 9.17) is 0 Å². The van der Waals surface area contributed by atoms with Gasteiger partial charge in [0.2, 0.25) is 0 Å². The first-order valence-electron chi connectivity index (χ1n) is 13.5. The second kappa shape index (κ2) is 10.9. The highest BCUT2D eigenvalue weighted by Gasteiger charge is 2.62. The Hall–Kier alpha value is -2.84. The molecule has 4 rings (SSSR count). The van der Waals surface area contributed by atoms with Gasteiger partial charge in [-0.05, 0) is 65.1 Å². The van der Waals surface area contributed by atoms with Crippen LogP contribution in [0.3, 0.4) is 0 Å². The van der Waals surface area contributed by atoms with Crippen LogP contribution in [0, 0.1) is 11.6 Å².